The SMILES string of the molecule is Cc1ccc(CN2CCC(C(=O)N3CCc4ccccc4C3)CC2)o1.O=C(O)C(=O)O. The summed E-state index contributed by atoms with van der Waals surface area (Å²) in [5.41, 5.74) is 2.71. The van der Waals surface area contributed by atoms with E-state index in [1.165, 1.54) is 11.1 Å². The number of carboxylic acid groups (broad SMARTS) is 2. The van der Waals surface area contributed by atoms with Gasteiger partial charge in [-0.2, -0.15) is 0 Å². The highest BCUT2D eigenvalue weighted by molar-refractivity contribution is 6.27. The second kappa shape index (κ2) is 10.3. The van der Waals surface area contributed by atoms with Crippen LogP contribution in [0.25, 0.3) is 0 Å². The highest BCUT2D eigenvalue weighted by Gasteiger charge is 2.30. The molecule has 0 atom stereocenters. The summed E-state index contributed by atoms with van der Waals surface area (Å²) < 4.78 is 5.67. The van der Waals surface area contributed by atoms with Gasteiger partial charge in [0.25, 0.3) is 0 Å². The first-order chi connectivity index (χ1) is 14.8. The van der Waals surface area contributed by atoms with E-state index in [1.54, 1.807) is 0 Å². The van der Waals surface area contributed by atoms with E-state index >= 15 is 0 Å². The van der Waals surface area contributed by atoms with Crippen molar-refractivity contribution in [2.24, 2.45) is 5.92 Å². The number of carbonyl (C=O) groups excluding carboxylic acids is 1. The lowest BCUT2D eigenvalue weighted by Crippen LogP contribution is -2.44. The van der Waals surface area contributed by atoms with Gasteiger partial charge in [-0.25, -0.2) is 9.59 Å². The minimum atomic E-state index is -1.82. The van der Waals surface area contributed by atoms with Gasteiger partial charge in [-0.05, 0) is 62.5 Å². The second-order valence-electron chi connectivity index (χ2n) is 7.95. The molecule has 31 heavy (non-hydrogen) atoms. The molecular formula is C23H28N2O6. The van der Waals surface area contributed by atoms with Crippen LogP contribution in [0.2, 0.25) is 0 Å². The number of aryl methyl sites for hydroxylation is 1. The Morgan fingerprint density at radius 1 is 0.968 bits per heavy atom. The lowest BCUT2D eigenvalue weighted by atomic mass is 9.93. The number of hydrogen-bond donors (Lipinski definition) is 2. The average molecular weight is 428 g/mol. The summed E-state index contributed by atoms with van der Waals surface area (Å²) in [6.45, 7) is 6.42. The topological polar surface area (TPSA) is 111 Å². The number of amides is 1. The van der Waals surface area contributed by atoms with E-state index in [0.717, 1.165) is 63.5 Å². The van der Waals surface area contributed by atoms with Gasteiger partial charge in [-0.3, -0.25) is 9.69 Å². The van der Waals surface area contributed by atoms with Crippen molar-refractivity contribution in [3.8, 4) is 0 Å². The zero-order valence-corrected chi connectivity index (χ0v) is 17.6. The molecule has 8 heteroatoms. The Balaban J connectivity index is 0.000000401. The highest BCUT2D eigenvalue weighted by Crippen LogP contribution is 2.25. The summed E-state index contributed by atoms with van der Waals surface area (Å²) in [4.78, 5) is 35.6. The molecule has 0 spiro atoms. The Morgan fingerprint density at radius 3 is 2.19 bits per heavy atom. The second-order valence-corrected chi connectivity index (χ2v) is 7.95. The van der Waals surface area contributed by atoms with Gasteiger partial charge >= 0.3 is 11.9 Å². The predicted molar refractivity (Wildman–Crippen MR) is 112 cm³/mol. The van der Waals surface area contributed by atoms with Gasteiger partial charge in [0.15, 0.2) is 0 Å². The lowest BCUT2D eigenvalue weighted by Gasteiger charge is -2.35. The molecule has 1 saturated heterocycles. The number of hydrogen-bond acceptors (Lipinski definition) is 5. The van der Waals surface area contributed by atoms with E-state index in [0.29, 0.717) is 5.91 Å². The van der Waals surface area contributed by atoms with Gasteiger partial charge < -0.3 is 19.5 Å². The van der Waals surface area contributed by atoms with Crippen molar-refractivity contribution in [2.75, 3.05) is 19.6 Å². The van der Waals surface area contributed by atoms with Crippen LogP contribution < -0.4 is 0 Å². The molecule has 166 valence electrons. The minimum Gasteiger partial charge on any atom is -0.473 e. The van der Waals surface area contributed by atoms with Crippen LogP contribution in [0.5, 0.6) is 0 Å². The number of fused-ring (bicyclic) bond motifs is 1. The van der Waals surface area contributed by atoms with Crippen molar-refractivity contribution in [1.82, 2.24) is 9.80 Å². The molecule has 1 fully saturated rings. The summed E-state index contributed by atoms with van der Waals surface area (Å²) in [5.74, 6) is -1.13. The lowest BCUT2D eigenvalue weighted by molar-refractivity contribution is -0.159. The molecule has 1 amide bonds. The molecule has 4 rings (SSSR count). The monoisotopic (exact) mass is 428 g/mol. The van der Waals surface area contributed by atoms with Gasteiger partial charge in [-0.1, -0.05) is 24.3 Å². The Bertz CT molecular complexity index is 918. The van der Waals surface area contributed by atoms with E-state index in [2.05, 4.69) is 40.1 Å². The van der Waals surface area contributed by atoms with Crippen LogP contribution in [0.15, 0.2) is 40.8 Å². The number of rotatable bonds is 3. The van der Waals surface area contributed by atoms with Gasteiger partial charge in [-0.15, -0.1) is 0 Å². The van der Waals surface area contributed by atoms with E-state index < -0.39 is 11.9 Å². The number of benzene rings is 1. The van der Waals surface area contributed by atoms with Crippen LogP contribution in [0.3, 0.4) is 0 Å². The summed E-state index contributed by atoms with van der Waals surface area (Å²) in [6.07, 6.45) is 2.89. The van der Waals surface area contributed by atoms with Crippen molar-refractivity contribution >= 4 is 17.8 Å². The Kier molecular flexibility index (Phi) is 7.46. The fourth-order valence-electron chi connectivity index (χ4n) is 4.07. The molecule has 8 nitrogen and oxygen atoms in total. The summed E-state index contributed by atoms with van der Waals surface area (Å²) in [6, 6.07) is 12.6. The fraction of sp³-hybridized carbons (Fsp3) is 0.435. The zero-order valence-electron chi connectivity index (χ0n) is 17.6. The van der Waals surface area contributed by atoms with Crippen LogP contribution >= 0.6 is 0 Å². The first kappa shape index (κ1) is 22.6. The molecule has 1 aromatic carbocycles. The summed E-state index contributed by atoms with van der Waals surface area (Å²) in [5, 5.41) is 14.8. The Morgan fingerprint density at radius 2 is 1.61 bits per heavy atom. The number of likely N-dealkylation sites (tertiary alicyclic amines) is 1. The van der Waals surface area contributed by atoms with E-state index in [1.807, 2.05) is 13.0 Å². The van der Waals surface area contributed by atoms with Crippen LogP contribution in [0.1, 0.15) is 35.5 Å². The van der Waals surface area contributed by atoms with Crippen LogP contribution in [-0.2, 0) is 33.9 Å². The molecular weight excluding hydrogens is 400 g/mol. The fourth-order valence-corrected chi connectivity index (χ4v) is 4.07. The normalized spacial score (nSPS) is 16.7. The van der Waals surface area contributed by atoms with Gasteiger partial charge in [0.1, 0.15) is 11.5 Å². The Hall–Kier alpha value is -3.13. The van der Waals surface area contributed by atoms with Crippen molar-refractivity contribution < 1.29 is 29.0 Å². The van der Waals surface area contributed by atoms with E-state index in [-0.39, 0.29) is 5.92 Å². The van der Waals surface area contributed by atoms with Crippen molar-refractivity contribution in [3.63, 3.8) is 0 Å². The maximum absolute atomic E-state index is 12.9. The van der Waals surface area contributed by atoms with Crippen LogP contribution in [0, 0.1) is 12.8 Å². The molecule has 1 aromatic heterocycles. The van der Waals surface area contributed by atoms with Crippen LogP contribution in [0.4, 0.5) is 0 Å². The van der Waals surface area contributed by atoms with Crippen LogP contribution in [-0.4, -0.2) is 57.5 Å². The molecule has 2 N–H and O–H groups in total. The van der Waals surface area contributed by atoms with Crippen molar-refractivity contribution in [2.45, 2.75) is 39.3 Å². The maximum atomic E-state index is 12.9. The first-order valence-electron chi connectivity index (χ1n) is 10.4. The quantitative estimate of drug-likeness (QED) is 0.723. The summed E-state index contributed by atoms with van der Waals surface area (Å²) >= 11 is 0. The molecule has 0 bridgehead atoms. The average Bonchev–Trinajstić information content (AvgIpc) is 3.18. The van der Waals surface area contributed by atoms with Gasteiger partial charge in [0.2, 0.25) is 5.91 Å². The summed E-state index contributed by atoms with van der Waals surface area (Å²) in [7, 11) is 0. The maximum Gasteiger partial charge on any atom is 0.414 e. The number of piperidine rings is 1. The molecule has 0 aliphatic carbocycles. The van der Waals surface area contributed by atoms with E-state index in [4.69, 9.17) is 24.2 Å². The number of nitrogens with zero attached hydrogens (tertiary/aromatic N) is 2. The number of furan rings is 1. The minimum absolute atomic E-state index is 0.180. The number of carboxylic acids is 2. The molecule has 3 heterocycles. The molecule has 2 aliphatic heterocycles. The first-order valence-corrected chi connectivity index (χ1v) is 10.4. The third-order valence-electron chi connectivity index (χ3n) is 5.74. The van der Waals surface area contributed by atoms with Gasteiger partial charge in [0.05, 0.1) is 6.54 Å². The van der Waals surface area contributed by atoms with Crippen molar-refractivity contribution in [3.05, 3.63) is 59.0 Å². The Labute approximate surface area is 181 Å². The third-order valence-corrected chi connectivity index (χ3v) is 5.74. The zero-order chi connectivity index (χ0) is 22.4. The van der Waals surface area contributed by atoms with Gasteiger partial charge in [0, 0.05) is 19.0 Å². The largest absolute Gasteiger partial charge is 0.473 e. The highest BCUT2D eigenvalue weighted by atomic mass is 16.4. The standard InChI is InChI=1S/C21H26N2O2.C2H2O4/c1-16-6-7-20(25-16)15-22-11-8-18(9-12-22)21(24)23-13-10-17-4-2-3-5-19(17)14-23;3-1(4)2(5)6/h2-7,18H,8-15H2,1H3;(H,3,4)(H,5,6). The molecule has 0 unspecified atom stereocenters. The number of carbonyl (C=O) groups is 3. The van der Waals surface area contributed by atoms with E-state index in [9.17, 15) is 4.79 Å². The molecule has 2 aliphatic rings. The molecule has 2 aromatic rings. The van der Waals surface area contributed by atoms with Crippen molar-refractivity contribution in [1.29, 1.82) is 0 Å². The smallest absolute Gasteiger partial charge is 0.414 e. The number of aliphatic carboxylic acids is 2. The molecule has 0 saturated carbocycles. The molecule has 0 radical (unpaired) electrons. The predicted octanol–water partition coefficient (Wildman–Crippen LogP) is 2.54. The third kappa shape index (κ3) is 6.18.